The molecule has 4 aromatic rings. The molecule has 0 unspecified atom stereocenters. The molecule has 2 aromatic carbocycles. The molecule has 2 aromatic heterocycles. The summed E-state index contributed by atoms with van der Waals surface area (Å²) in [6.45, 7) is 0. The van der Waals surface area contributed by atoms with E-state index in [-0.39, 0.29) is 0 Å². The number of aromatic nitrogens is 1. The number of esters is 1. The third-order valence-corrected chi connectivity index (χ3v) is 4.81. The number of rotatable bonds is 2. The normalized spacial score (nSPS) is 11.0. The van der Waals surface area contributed by atoms with Gasteiger partial charge in [-0.1, -0.05) is 18.2 Å². The number of thiophene rings is 1. The Morgan fingerprint density at radius 3 is 2.83 bits per heavy atom. The van der Waals surface area contributed by atoms with Crippen LogP contribution < -0.4 is 10.5 Å². The summed E-state index contributed by atoms with van der Waals surface area (Å²) in [5.41, 5.74) is 6.56. The van der Waals surface area contributed by atoms with Crippen molar-refractivity contribution in [3.63, 3.8) is 0 Å². The maximum atomic E-state index is 12.4. The molecule has 4 rings (SSSR count). The van der Waals surface area contributed by atoms with Gasteiger partial charge in [-0.05, 0) is 35.7 Å². The second-order valence-corrected chi connectivity index (χ2v) is 6.17. The number of hydrogen-bond donors (Lipinski definition) is 1. The fourth-order valence-corrected chi connectivity index (χ4v) is 3.49. The van der Waals surface area contributed by atoms with Crippen LogP contribution in [0, 0.1) is 0 Å². The third-order valence-electron chi connectivity index (χ3n) is 3.64. The molecule has 23 heavy (non-hydrogen) atoms. The molecule has 0 amide bonds. The van der Waals surface area contributed by atoms with E-state index in [9.17, 15) is 4.79 Å². The Balaban J connectivity index is 1.69. The summed E-state index contributed by atoms with van der Waals surface area (Å²) < 4.78 is 6.46. The van der Waals surface area contributed by atoms with Crippen molar-refractivity contribution in [1.82, 2.24) is 4.98 Å². The van der Waals surface area contributed by atoms with Crippen molar-refractivity contribution in [1.29, 1.82) is 0 Å². The molecule has 0 bridgehead atoms. The Kier molecular flexibility index (Phi) is 3.20. The van der Waals surface area contributed by atoms with Crippen LogP contribution in [0.3, 0.4) is 0 Å². The first-order valence-corrected chi connectivity index (χ1v) is 7.87. The number of benzene rings is 2. The van der Waals surface area contributed by atoms with Gasteiger partial charge >= 0.3 is 5.97 Å². The molecule has 2 N–H and O–H groups in total. The molecule has 0 spiro atoms. The van der Waals surface area contributed by atoms with E-state index in [0.717, 1.165) is 20.9 Å². The predicted molar refractivity (Wildman–Crippen MR) is 92.9 cm³/mol. The molecule has 0 saturated carbocycles. The van der Waals surface area contributed by atoms with Crippen LogP contribution in [0.1, 0.15) is 9.67 Å². The lowest BCUT2D eigenvalue weighted by Gasteiger charge is -2.05. The SMILES string of the molecule is Nc1c(C(=O)Oc2ccc3cnccc3c2)sc2ccccc12. The van der Waals surface area contributed by atoms with Crippen molar-refractivity contribution in [2.45, 2.75) is 0 Å². The Morgan fingerprint density at radius 1 is 1.09 bits per heavy atom. The maximum Gasteiger partial charge on any atom is 0.355 e. The molecule has 0 fully saturated rings. The number of fused-ring (bicyclic) bond motifs is 2. The summed E-state index contributed by atoms with van der Waals surface area (Å²) in [4.78, 5) is 16.9. The monoisotopic (exact) mass is 320 g/mol. The van der Waals surface area contributed by atoms with E-state index in [2.05, 4.69) is 4.98 Å². The quantitative estimate of drug-likeness (QED) is 0.443. The third kappa shape index (κ3) is 2.41. The Morgan fingerprint density at radius 2 is 1.96 bits per heavy atom. The molecule has 0 aliphatic rings. The Labute approximate surface area is 136 Å². The molecule has 0 radical (unpaired) electrons. The summed E-state index contributed by atoms with van der Waals surface area (Å²) in [6, 6.07) is 15.0. The lowest BCUT2D eigenvalue weighted by atomic mass is 10.2. The first-order valence-electron chi connectivity index (χ1n) is 7.05. The summed E-state index contributed by atoms with van der Waals surface area (Å²) in [7, 11) is 0. The second-order valence-electron chi connectivity index (χ2n) is 5.12. The highest BCUT2D eigenvalue weighted by atomic mass is 32.1. The number of carbonyl (C=O) groups is 1. The van der Waals surface area contributed by atoms with Crippen LogP contribution in [0.5, 0.6) is 5.75 Å². The average Bonchev–Trinajstić information content (AvgIpc) is 2.92. The second kappa shape index (κ2) is 5.37. The summed E-state index contributed by atoms with van der Waals surface area (Å²) in [5.74, 6) is 0.0580. The lowest BCUT2D eigenvalue weighted by molar-refractivity contribution is 0.0741. The topological polar surface area (TPSA) is 65.2 Å². The van der Waals surface area contributed by atoms with Gasteiger partial charge in [-0.25, -0.2) is 4.79 Å². The van der Waals surface area contributed by atoms with Crippen LogP contribution in [0.2, 0.25) is 0 Å². The van der Waals surface area contributed by atoms with Crippen LogP contribution in [0.4, 0.5) is 5.69 Å². The zero-order valence-corrected chi connectivity index (χ0v) is 12.8. The summed E-state index contributed by atoms with van der Waals surface area (Å²) in [5, 5.41) is 2.84. The summed E-state index contributed by atoms with van der Waals surface area (Å²) >= 11 is 1.35. The number of hydrogen-bond acceptors (Lipinski definition) is 5. The first-order chi connectivity index (χ1) is 11.2. The number of carbonyl (C=O) groups excluding carboxylic acids is 1. The van der Waals surface area contributed by atoms with E-state index in [4.69, 9.17) is 10.5 Å². The van der Waals surface area contributed by atoms with Crippen molar-refractivity contribution in [3.05, 3.63) is 65.8 Å². The maximum absolute atomic E-state index is 12.4. The van der Waals surface area contributed by atoms with E-state index in [1.165, 1.54) is 11.3 Å². The number of nitrogens with two attached hydrogens (primary N) is 1. The number of ether oxygens (including phenoxy) is 1. The van der Waals surface area contributed by atoms with Gasteiger partial charge in [-0.3, -0.25) is 4.98 Å². The fourth-order valence-electron chi connectivity index (χ4n) is 2.50. The van der Waals surface area contributed by atoms with Crippen molar-refractivity contribution in [3.8, 4) is 5.75 Å². The van der Waals surface area contributed by atoms with E-state index >= 15 is 0 Å². The van der Waals surface area contributed by atoms with Gasteiger partial charge < -0.3 is 10.5 Å². The smallest absolute Gasteiger partial charge is 0.355 e. The van der Waals surface area contributed by atoms with Crippen LogP contribution in [-0.4, -0.2) is 11.0 Å². The molecule has 0 aliphatic heterocycles. The molecule has 2 heterocycles. The van der Waals surface area contributed by atoms with Gasteiger partial charge in [-0.2, -0.15) is 0 Å². The minimum atomic E-state index is -0.433. The zero-order chi connectivity index (χ0) is 15.8. The van der Waals surface area contributed by atoms with Gasteiger partial charge in [0, 0.05) is 27.9 Å². The first kappa shape index (κ1) is 13.7. The number of anilines is 1. The number of nitrogen functional groups attached to an aromatic ring is 1. The molecular formula is C18H12N2O2S. The summed E-state index contributed by atoms with van der Waals surface area (Å²) in [6.07, 6.45) is 3.48. The Bertz CT molecular complexity index is 1040. The van der Waals surface area contributed by atoms with Gasteiger partial charge in [0.15, 0.2) is 0 Å². The molecule has 5 heteroatoms. The van der Waals surface area contributed by atoms with Gasteiger partial charge in [0.1, 0.15) is 10.6 Å². The highest BCUT2D eigenvalue weighted by Gasteiger charge is 2.18. The highest BCUT2D eigenvalue weighted by molar-refractivity contribution is 7.21. The van der Waals surface area contributed by atoms with E-state index in [1.54, 1.807) is 18.5 Å². The predicted octanol–water partition coefficient (Wildman–Crippen LogP) is 4.25. The van der Waals surface area contributed by atoms with Gasteiger partial charge in [0.25, 0.3) is 0 Å². The zero-order valence-electron chi connectivity index (χ0n) is 12.0. The number of pyridine rings is 1. The molecule has 0 atom stereocenters. The average molecular weight is 320 g/mol. The van der Waals surface area contributed by atoms with Crippen molar-refractivity contribution in [2.75, 3.05) is 5.73 Å². The number of nitrogens with zero attached hydrogens (tertiary/aromatic N) is 1. The molecule has 4 nitrogen and oxygen atoms in total. The standard InChI is InChI=1S/C18H12N2O2S/c19-16-14-3-1-2-4-15(14)23-17(16)18(21)22-13-6-5-12-10-20-8-7-11(12)9-13/h1-10H,19H2. The van der Waals surface area contributed by atoms with Crippen molar-refractivity contribution >= 4 is 43.9 Å². The molecule has 112 valence electrons. The van der Waals surface area contributed by atoms with Crippen molar-refractivity contribution < 1.29 is 9.53 Å². The van der Waals surface area contributed by atoms with Crippen LogP contribution >= 0.6 is 11.3 Å². The lowest BCUT2D eigenvalue weighted by Crippen LogP contribution is -2.08. The van der Waals surface area contributed by atoms with Crippen molar-refractivity contribution in [2.24, 2.45) is 0 Å². The van der Waals surface area contributed by atoms with Crippen LogP contribution in [-0.2, 0) is 0 Å². The van der Waals surface area contributed by atoms with E-state index < -0.39 is 5.97 Å². The fraction of sp³-hybridized carbons (Fsp3) is 0. The van der Waals surface area contributed by atoms with Crippen LogP contribution in [0.25, 0.3) is 20.9 Å². The van der Waals surface area contributed by atoms with Crippen LogP contribution in [0.15, 0.2) is 60.9 Å². The van der Waals surface area contributed by atoms with Gasteiger partial charge in [0.05, 0.1) is 5.69 Å². The molecule has 0 saturated heterocycles. The van der Waals surface area contributed by atoms with E-state index in [1.807, 2.05) is 42.5 Å². The minimum Gasteiger partial charge on any atom is -0.422 e. The Hall–Kier alpha value is -2.92. The molecule has 0 aliphatic carbocycles. The van der Waals surface area contributed by atoms with E-state index in [0.29, 0.717) is 16.3 Å². The largest absolute Gasteiger partial charge is 0.422 e. The van der Waals surface area contributed by atoms with Gasteiger partial charge in [-0.15, -0.1) is 11.3 Å². The highest BCUT2D eigenvalue weighted by Crippen LogP contribution is 2.34. The molecular weight excluding hydrogens is 308 g/mol. The minimum absolute atomic E-state index is 0.432. The van der Waals surface area contributed by atoms with Gasteiger partial charge in [0.2, 0.25) is 0 Å².